The third-order valence-electron chi connectivity index (χ3n) is 5.10. The summed E-state index contributed by atoms with van der Waals surface area (Å²) in [4.78, 5) is 12.3. The molecule has 126 valence electrons. The van der Waals surface area contributed by atoms with Gasteiger partial charge >= 0.3 is 0 Å². The second-order valence-corrected chi connectivity index (χ2v) is 6.85. The molecule has 2 fully saturated rings. The van der Waals surface area contributed by atoms with Crippen molar-refractivity contribution >= 4 is 5.91 Å². The van der Waals surface area contributed by atoms with E-state index in [1.165, 1.54) is 5.56 Å². The smallest absolute Gasteiger partial charge is 0.248 e. The highest BCUT2D eigenvalue weighted by atomic mass is 19.3. The summed E-state index contributed by atoms with van der Waals surface area (Å²) < 4.78 is 26.3. The summed E-state index contributed by atoms with van der Waals surface area (Å²) in [6.45, 7) is 1.61. The number of amides is 1. The van der Waals surface area contributed by atoms with Gasteiger partial charge in [-0.25, -0.2) is 8.78 Å². The van der Waals surface area contributed by atoms with E-state index >= 15 is 0 Å². The van der Waals surface area contributed by atoms with Crippen LogP contribution < -0.4 is 10.6 Å². The first-order valence-corrected chi connectivity index (χ1v) is 8.46. The molecule has 23 heavy (non-hydrogen) atoms. The largest absolute Gasteiger partial charge is 0.351 e. The van der Waals surface area contributed by atoms with Gasteiger partial charge in [0.25, 0.3) is 0 Å². The molecule has 1 aliphatic heterocycles. The molecule has 1 heterocycles. The zero-order chi connectivity index (χ0) is 16.3. The maximum Gasteiger partial charge on any atom is 0.248 e. The van der Waals surface area contributed by atoms with E-state index in [4.69, 9.17) is 0 Å². The van der Waals surface area contributed by atoms with Gasteiger partial charge in [-0.2, -0.15) is 0 Å². The van der Waals surface area contributed by atoms with Crippen molar-refractivity contribution in [1.29, 1.82) is 0 Å². The minimum Gasteiger partial charge on any atom is -0.351 e. The normalized spacial score (nSPS) is 27.7. The molecule has 0 spiro atoms. The maximum absolute atomic E-state index is 13.2. The molecule has 3 nitrogen and oxygen atoms in total. The molecule has 5 heteroatoms. The van der Waals surface area contributed by atoms with Crippen LogP contribution in [0, 0.1) is 5.92 Å². The lowest BCUT2D eigenvalue weighted by Gasteiger charge is -2.28. The van der Waals surface area contributed by atoms with E-state index in [9.17, 15) is 13.6 Å². The van der Waals surface area contributed by atoms with E-state index in [0.29, 0.717) is 19.3 Å². The second kappa shape index (κ2) is 6.95. The summed E-state index contributed by atoms with van der Waals surface area (Å²) in [5.74, 6) is -2.16. The fourth-order valence-electron chi connectivity index (χ4n) is 3.71. The summed E-state index contributed by atoms with van der Waals surface area (Å²) in [5.41, 5.74) is 1.22. The van der Waals surface area contributed by atoms with Crippen molar-refractivity contribution in [1.82, 2.24) is 10.6 Å². The van der Waals surface area contributed by atoms with Gasteiger partial charge in [-0.15, -0.1) is 0 Å². The molecular formula is C18H24F2N2O. The molecule has 0 bridgehead atoms. The molecular weight excluding hydrogens is 298 g/mol. The SMILES string of the molecule is O=C(CC1CCC(F)(F)CC1)N[C@@H]1CNC[C@H]1c1ccccc1. The van der Waals surface area contributed by atoms with Gasteiger partial charge in [0.05, 0.1) is 0 Å². The van der Waals surface area contributed by atoms with Gasteiger partial charge in [0.2, 0.25) is 11.8 Å². The Morgan fingerprint density at radius 1 is 1.17 bits per heavy atom. The lowest BCUT2D eigenvalue weighted by atomic mass is 9.84. The van der Waals surface area contributed by atoms with Crippen LogP contribution >= 0.6 is 0 Å². The van der Waals surface area contributed by atoms with Gasteiger partial charge in [-0.05, 0) is 24.3 Å². The number of rotatable bonds is 4. The van der Waals surface area contributed by atoms with Gasteiger partial charge in [-0.3, -0.25) is 4.79 Å². The average molecular weight is 322 g/mol. The zero-order valence-electron chi connectivity index (χ0n) is 13.2. The highest BCUT2D eigenvalue weighted by molar-refractivity contribution is 5.76. The number of hydrogen-bond acceptors (Lipinski definition) is 2. The molecule has 1 amide bonds. The van der Waals surface area contributed by atoms with Crippen molar-refractivity contribution in [3.63, 3.8) is 0 Å². The van der Waals surface area contributed by atoms with Crippen LogP contribution in [0.2, 0.25) is 0 Å². The Morgan fingerprint density at radius 3 is 2.57 bits per heavy atom. The van der Waals surface area contributed by atoms with Crippen molar-refractivity contribution in [3.05, 3.63) is 35.9 Å². The molecule has 0 radical (unpaired) electrons. The predicted octanol–water partition coefficient (Wildman–Crippen LogP) is 3.07. The minimum absolute atomic E-state index is 0.00477. The Kier molecular flexibility index (Phi) is 4.95. The highest BCUT2D eigenvalue weighted by Gasteiger charge is 2.36. The molecule has 3 rings (SSSR count). The van der Waals surface area contributed by atoms with E-state index in [1.807, 2.05) is 18.2 Å². The summed E-state index contributed by atoms with van der Waals surface area (Å²) in [7, 11) is 0. The van der Waals surface area contributed by atoms with Gasteiger partial charge in [-0.1, -0.05) is 30.3 Å². The molecule has 1 saturated heterocycles. The van der Waals surface area contributed by atoms with Crippen molar-refractivity contribution in [2.45, 2.75) is 50.0 Å². The quantitative estimate of drug-likeness (QED) is 0.894. The van der Waals surface area contributed by atoms with Crippen molar-refractivity contribution in [3.8, 4) is 0 Å². The van der Waals surface area contributed by atoms with Crippen LogP contribution in [0.5, 0.6) is 0 Å². The first kappa shape index (κ1) is 16.4. The third-order valence-corrected chi connectivity index (χ3v) is 5.10. The third kappa shape index (κ3) is 4.28. The molecule has 1 saturated carbocycles. The predicted molar refractivity (Wildman–Crippen MR) is 85.5 cm³/mol. The lowest BCUT2D eigenvalue weighted by molar-refractivity contribution is -0.124. The Morgan fingerprint density at radius 2 is 1.87 bits per heavy atom. The number of benzene rings is 1. The molecule has 1 aliphatic carbocycles. The standard InChI is InChI=1S/C18H24F2N2O/c19-18(20)8-6-13(7-9-18)10-17(23)22-16-12-21-11-15(16)14-4-2-1-3-5-14/h1-5,13,15-16,21H,6-12H2,(H,22,23)/t15-,16+/m0/s1. The van der Waals surface area contributed by atoms with Crippen LogP contribution in [0.1, 0.15) is 43.6 Å². The van der Waals surface area contributed by atoms with Crippen LogP contribution in [0.15, 0.2) is 30.3 Å². The Labute approximate surface area is 135 Å². The van der Waals surface area contributed by atoms with Gasteiger partial charge < -0.3 is 10.6 Å². The number of nitrogens with one attached hydrogen (secondary N) is 2. The van der Waals surface area contributed by atoms with Crippen LogP contribution in [-0.2, 0) is 4.79 Å². The van der Waals surface area contributed by atoms with Crippen LogP contribution in [0.25, 0.3) is 0 Å². The molecule has 0 unspecified atom stereocenters. The molecule has 1 aromatic carbocycles. The number of hydrogen-bond donors (Lipinski definition) is 2. The number of carbonyl (C=O) groups excluding carboxylic acids is 1. The van der Waals surface area contributed by atoms with Gasteiger partial charge in [0.1, 0.15) is 0 Å². The Bertz CT molecular complexity index is 525. The lowest BCUT2D eigenvalue weighted by Crippen LogP contribution is -2.40. The number of carbonyl (C=O) groups is 1. The van der Waals surface area contributed by atoms with E-state index in [-0.39, 0.29) is 36.6 Å². The van der Waals surface area contributed by atoms with E-state index < -0.39 is 5.92 Å². The van der Waals surface area contributed by atoms with Crippen LogP contribution in [0.4, 0.5) is 8.78 Å². The van der Waals surface area contributed by atoms with Crippen molar-refractivity contribution in [2.24, 2.45) is 5.92 Å². The summed E-state index contributed by atoms with van der Waals surface area (Å²) >= 11 is 0. The second-order valence-electron chi connectivity index (χ2n) is 6.85. The van der Waals surface area contributed by atoms with Crippen molar-refractivity contribution in [2.75, 3.05) is 13.1 Å². The summed E-state index contributed by atoms with van der Waals surface area (Å²) in [6, 6.07) is 10.2. The van der Waals surface area contributed by atoms with Crippen LogP contribution in [0.3, 0.4) is 0 Å². The Hall–Kier alpha value is -1.49. The minimum atomic E-state index is -2.53. The number of alkyl halides is 2. The summed E-state index contributed by atoms with van der Waals surface area (Å²) in [6.07, 6.45) is 1.11. The molecule has 2 aliphatic rings. The monoisotopic (exact) mass is 322 g/mol. The fourth-order valence-corrected chi connectivity index (χ4v) is 3.71. The maximum atomic E-state index is 13.2. The first-order chi connectivity index (χ1) is 11.0. The van der Waals surface area contributed by atoms with Gasteiger partial charge in [0, 0.05) is 44.3 Å². The van der Waals surface area contributed by atoms with E-state index in [1.54, 1.807) is 0 Å². The molecule has 0 aromatic heterocycles. The van der Waals surface area contributed by atoms with Gasteiger partial charge in [0.15, 0.2) is 0 Å². The van der Waals surface area contributed by atoms with Crippen LogP contribution in [-0.4, -0.2) is 31.0 Å². The van der Waals surface area contributed by atoms with Crippen molar-refractivity contribution < 1.29 is 13.6 Å². The molecule has 2 atom stereocenters. The summed E-state index contributed by atoms with van der Waals surface area (Å²) in [5, 5.41) is 6.43. The first-order valence-electron chi connectivity index (χ1n) is 8.46. The number of halogens is 2. The zero-order valence-corrected chi connectivity index (χ0v) is 13.2. The fraction of sp³-hybridized carbons (Fsp3) is 0.611. The average Bonchev–Trinajstić information content (AvgIpc) is 2.98. The topological polar surface area (TPSA) is 41.1 Å². The highest BCUT2D eigenvalue weighted by Crippen LogP contribution is 2.37. The Balaban J connectivity index is 1.51. The molecule has 1 aromatic rings. The van der Waals surface area contributed by atoms with E-state index in [0.717, 1.165) is 13.1 Å². The molecule has 2 N–H and O–H groups in total. The van der Waals surface area contributed by atoms with E-state index in [2.05, 4.69) is 22.8 Å².